The lowest BCUT2D eigenvalue weighted by atomic mass is 9.42. The molecule has 31 heavy (non-hydrogen) atoms. The number of rotatable bonds is 1. The molecule has 1 amide bonds. The van der Waals surface area contributed by atoms with Gasteiger partial charge in [0.1, 0.15) is 0 Å². The molecule has 3 aliphatic carbocycles. The summed E-state index contributed by atoms with van der Waals surface area (Å²) in [6, 6.07) is 0. The zero-order valence-electron chi connectivity index (χ0n) is 19.3. The van der Waals surface area contributed by atoms with Gasteiger partial charge in [-0.25, -0.2) is 0 Å². The van der Waals surface area contributed by atoms with E-state index in [1.165, 1.54) is 0 Å². The first-order valence-corrected chi connectivity index (χ1v) is 13.6. The highest BCUT2D eigenvalue weighted by atomic mass is 32.2. The number of carbonyl (C=O) groups excluding carboxylic acids is 2. The van der Waals surface area contributed by atoms with Crippen LogP contribution in [0.25, 0.3) is 0 Å². The second-order valence-corrected chi connectivity index (χ2v) is 13.5. The SMILES string of the molecule is CC1CCC2C(C)(C)C(=O)C(S(C)=O)CC23OC2C(CC13C)C(O)CC1C(=O)NCC12. The van der Waals surface area contributed by atoms with Crippen LogP contribution in [0.4, 0.5) is 0 Å². The number of hydrogen-bond donors (Lipinski definition) is 2. The van der Waals surface area contributed by atoms with Crippen molar-refractivity contribution in [2.45, 2.75) is 82.9 Å². The van der Waals surface area contributed by atoms with E-state index in [1.54, 1.807) is 6.26 Å². The van der Waals surface area contributed by atoms with E-state index in [2.05, 4.69) is 19.2 Å². The van der Waals surface area contributed by atoms with E-state index in [4.69, 9.17) is 4.74 Å². The van der Waals surface area contributed by atoms with Crippen molar-refractivity contribution >= 4 is 22.5 Å². The van der Waals surface area contributed by atoms with Crippen molar-refractivity contribution in [1.82, 2.24) is 5.32 Å². The molecule has 0 aromatic heterocycles. The van der Waals surface area contributed by atoms with Crippen LogP contribution in [-0.4, -0.2) is 56.9 Å². The van der Waals surface area contributed by atoms with Gasteiger partial charge in [0.25, 0.3) is 0 Å². The summed E-state index contributed by atoms with van der Waals surface area (Å²) in [4.78, 5) is 25.8. The number of ether oxygens (including phenoxy) is 1. The van der Waals surface area contributed by atoms with Crippen LogP contribution in [0.1, 0.15) is 59.8 Å². The van der Waals surface area contributed by atoms with Crippen molar-refractivity contribution in [2.24, 2.45) is 40.4 Å². The number of hydrogen-bond acceptors (Lipinski definition) is 5. The third-order valence-corrected chi connectivity index (χ3v) is 11.6. The fraction of sp³-hybridized carbons (Fsp3) is 0.917. The minimum absolute atomic E-state index is 0.00270. The van der Waals surface area contributed by atoms with Crippen molar-refractivity contribution in [2.75, 3.05) is 12.8 Å². The highest BCUT2D eigenvalue weighted by molar-refractivity contribution is 7.85. The van der Waals surface area contributed by atoms with E-state index in [9.17, 15) is 18.9 Å². The minimum atomic E-state index is -1.27. The maximum absolute atomic E-state index is 13.4. The lowest BCUT2D eigenvalue weighted by Crippen LogP contribution is -2.74. The highest BCUT2D eigenvalue weighted by Gasteiger charge is 2.72. The Morgan fingerprint density at radius 2 is 1.84 bits per heavy atom. The molecule has 11 atom stereocenters. The predicted molar refractivity (Wildman–Crippen MR) is 118 cm³/mol. The van der Waals surface area contributed by atoms with Crippen molar-refractivity contribution < 1.29 is 23.6 Å². The number of Topliss-reactive ketones (excluding diaryl/α,β-unsaturated/α-hetero) is 1. The summed E-state index contributed by atoms with van der Waals surface area (Å²) in [7, 11) is -1.27. The normalized spacial score (nSPS) is 54.1. The molecule has 0 radical (unpaired) electrons. The van der Waals surface area contributed by atoms with Crippen LogP contribution in [0, 0.1) is 40.4 Å². The third kappa shape index (κ3) is 2.72. The van der Waals surface area contributed by atoms with Crippen LogP contribution in [0.2, 0.25) is 0 Å². The molecule has 5 aliphatic rings. The molecule has 3 saturated carbocycles. The lowest BCUT2D eigenvalue weighted by Gasteiger charge is -2.70. The summed E-state index contributed by atoms with van der Waals surface area (Å²) in [5.74, 6) is 0.417. The highest BCUT2D eigenvalue weighted by Crippen LogP contribution is 2.68. The molecule has 1 spiro atoms. The zero-order valence-corrected chi connectivity index (χ0v) is 20.2. The average Bonchev–Trinajstić information content (AvgIpc) is 3.05. The van der Waals surface area contributed by atoms with Gasteiger partial charge in [-0.05, 0) is 43.4 Å². The van der Waals surface area contributed by atoms with Gasteiger partial charge in [0.15, 0.2) is 5.78 Å². The molecule has 5 rings (SSSR count). The van der Waals surface area contributed by atoms with Gasteiger partial charge in [-0.1, -0.05) is 27.7 Å². The number of nitrogens with one attached hydrogen (secondary N) is 1. The third-order valence-electron chi connectivity index (χ3n) is 10.4. The fourth-order valence-electron chi connectivity index (χ4n) is 8.41. The maximum atomic E-state index is 13.4. The summed E-state index contributed by atoms with van der Waals surface area (Å²) >= 11 is 0. The predicted octanol–water partition coefficient (Wildman–Crippen LogP) is 2.06. The van der Waals surface area contributed by atoms with E-state index < -0.39 is 33.2 Å². The molecule has 0 aromatic rings. The monoisotopic (exact) mass is 451 g/mol. The Hall–Kier alpha value is -0.790. The molecular formula is C24H37NO5S. The first-order chi connectivity index (χ1) is 14.4. The molecule has 0 bridgehead atoms. The van der Waals surface area contributed by atoms with Gasteiger partial charge >= 0.3 is 0 Å². The molecule has 11 unspecified atom stereocenters. The Balaban J connectivity index is 1.64. The Bertz CT molecular complexity index is 844. The topological polar surface area (TPSA) is 92.7 Å². The van der Waals surface area contributed by atoms with Gasteiger partial charge in [-0.3, -0.25) is 13.8 Å². The van der Waals surface area contributed by atoms with Crippen LogP contribution in [0.5, 0.6) is 0 Å². The van der Waals surface area contributed by atoms with Gasteiger partial charge in [0.2, 0.25) is 5.91 Å². The van der Waals surface area contributed by atoms with Crippen molar-refractivity contribution in [3.63, 3.8) is 0 Å². The molecule has 2 N–H and O–H groups in total. The smallest absolute Gasteiger partial charge is 0.223 e. The van der Waals surface area contributed by atoms with Gasteiger partial charge in [0, 0.05) is 52.7 Å². The lowest BCUT2D eigenvalue weighted by molar-refractivity contribution is -0.321. The van der Waals surface area contributed by atoms with E-state index in [-0.39, 0.29) is 46.9 Å². The number of aliphatic hydroxyl groups is 1. The van der Waals surface area contributed by atoms with Crippen LogP contribution >= 0.6 is 0 Å². The molecule has 2 saturated heterocycles. The molecule has 174 valence electrons. The molecule has 2 heterocycles. The van der Waals surface area contributed by atoms with E-state index >= 15 is 0 Å². The standard InChI is InChI=1S/C24H37NO5S/c1-12-6-7-18-22(2,3)20(27)17(31(5)29)10-24(18)23(12,4)9-14-16(26)8-13-15(19(14)30-24)11-25-21(13)28/h12-19,26H,6-11H2,1-5H3,(H,25,28). The van der Waals surface area contributed by atoms with Crippen molar-refractivity contribution in [3.05, 3.63) is 0 Å². The molecule has 0 aromatic carbocycles. The molecule has 2 aliphatic heterocycles. The van der Waals surface area contributed by atoms with Crippen LogP contribution in [0.3, 0.4) is 0 Å². The van der Waals surface area contributed by atoms with Gasteiger partial charge in [0.05, 0.1) is 23.1 Å². The fourth-order valence-corrected chi connectivity index (χ4v) is 9.50. The summed E-state index contributed by atoms with van der Waals surface area (Å²) in [6.07, 6.45) is 4.67. The first-order valence-electron chi connectivity index (χ1n) is 11.9. The maximum Gasteiger partial charge on any atom is 0.223 e. The van der Waals surface area contributed by atoms with Gasteiger partial charge in [-0.15, -0.1) is 0 Å². The summed E-state index contributed by atoms with van der Waals surface area (Å²) < 4.78 is 19.9. The Morgan fingerprint density at radius 1 is 1.13 bits per heavy atom. The Morgan fingerprint density at radius 3 is 2.52 bits per heavy atom. The first kappa shape index (κ1) is 22.0. The largest absolute Gasteiger partial charge is 0.393 e. The summed E-state index contributed by atoms with van der Waals surface area (Å²) in [6.45, 7) is 9.20. The van der Waals surface area contributed by atoms with Crippen molar-refractivity contribution in [1.29, 1.82) is 0 Å². The van der Waals surface area contributed by atoms with Crippen LogP contribution < -0.4 is 5.32 Å². The number of aliphatic hydroxyl groups excluding tert-OH is 1. The number of ketones is 1. The van der Waals surface area contributed by atoms with E-state index in [0.29, 0.717) is 25.3 Å². The molecule has 7 heteroatoms. The Kier molecular flexibility index (Phi) is 4.87. The second-order valence-electron chi connectivity index (χ2n) is 11.9. The number of fused-ring (bicyclic) bond motifs is 3. The van der Waals surface area contributed by atoms with Crippen LogP contribution in [-0.2, 0) is 25.1 Å². The summed E-state index contributed by atoms with van der Waals surface area (Å²) in [5.41, 5.74) is -1.39. The Labute approximate surface area is 187 Å². The number of amides is 1. The molecular weight excluding hydrogens is 414 g/mol. The molecule has 5 fully saturated rings. The van der Waals surface area contributed by atoms with Gasteiger partial charge in [-0.2, -0.15) is 0 Å². The van der Waals surface area contributed by atoms with Crippen LogP contribution in [0.15, 0.2) is 0 Å². The second kappa shape index (κ2) is 6.86. The summed E-state index contributed by atoms with van der Waals surface area (Å²) in [5, 5.41) is 13.5. The van der Waals surface area contributed by atoms with E-state index in [1.807, 2.05) is 13.8 Å². The molecule has 6 nitrogen and oxygen atoms in total. The number of carbonyl (C=O) groups is 2. The average molecular weight is 452 g/mol. The minimum Gasteiger partial charge on any atom is -0.393 e. The van der Waals surface area contributed by atoms with E-state index in [0.717, 1.165) is 19.3 Å². The quantitative estimate of drug-likeness (QED) is 0.637. The zero-order chi connectivity index (χ0) is 22.5. The van der Waals surface area contributed by atoms with Crippen molar-refractivity contribution in [3.8, 4) is 0 Å². The van der Waals surface area contributed by atoms with Gasteiger partial charge < -0.3 is 15.2 Å².